The van der Waals surface area contributed by atoms with Crippen molar-refractivity contribution in [3.05, 3.63) is 137 Å². The van der Waals surface area contributed by atoms with Crippen LogP contribution in [0.15, 0.2) is 109 Å². The van der Waals surface area contributed by atoms with Gasteiger partial charge in [0.05, 0.1) is 5.56 Å². The molecule has 0 aromatic heterocycles. The molecule has 0 unspecified atom stereocenters. The highest BCUT2D eigenvalue weighted by molar-refractivity contribution is 6.08. The fraction of sp³-hybridized carbons (Fsp3) is 0.147. The van der Waals surface area contributed by atoms with Crippen molar-refractivity contribution in [1.82, 2.24) is 4.90 Å². The van der Waals surface area contributed by atoms with Gasteiger partial charge in [-0.1, -0.05) is 72.8 Å². The monoisotopic (exact) mass is 536 g/mol. The molecule has 5 aromatic rings. The highest BCUT2D eigenvalue weighted by atomic mass is 19.4. The quantitative estimate of drug-likeness (QED) is 0.245. The molecule has 1 aliphatic heterocycles. The molecule has 3 nitrogen and oxygen atoms in total. The third-order valence-corrected chi connectivity index (χ3v) is 7.47. The van der Waals surface area contributed by atoms with E-state index in [1.807, 2.05) is 12.1 Å². The summed E-state index contributed by atoms with van der Waals surface area (Å²) in [4.78, 5) is 15.7. The largest absolute Gasteiger partial charge is 0.416 e. The maximum atomic E-state index is 13.3. The van der Waals surface area contributed by atoms with E-state index in [2.05, 4.69) is 58.7 Å². The van der Waals surface area contributed by atoms with Gasteiger partial charge < -0.3 is 5.32 Å². The second-order valence-electron chi connectivity index (χ2n) is 10.2. The number of fused-ring (bicyclic) bond motifs is 2. The summed E-state index contributed by atoms with van der Waals surface area (Å²) in [5.41, 5.74) is 5.27. The number of carbonyl (C=O) groups is 1. The molecule has 40 heavy (non-hydrogen) atoms. The van der Waals surface area contributed by atoms with Gasteiger partial charge in [-0.25, -0.2) is 0 Å². The molecule has 0 radical (unpaired) electrons. The van der Waals surface area contributed by atoms with Crippen molar-refractivity contribution in [1.29, 1.82) is 0 Å². The van der Waals surface area contributed by atoms with E-state index in [1.165, 1.54) is 39.6 Å². The summed E-state index contributed by atoms with van der Waals surface area (Å²) in [5.74, 6) is -0.302. The first-order chi connectivity index (χ1) is 19.3. The summed E-state index contributed by atoms with van der Waals surface area (Å²) in [5, 5.41) is 5.48. The van der Waals surface area contributed by atoms with Gasteiger partial charge in [-0.3, -0.25) is 9.69 Å². The molecule has 1 heterocycles. The summed E-state index contributed by atoms with van der Waals surface area (Å²) in [6.07, 6.45) is -3.52. The minimum absolute atomic E-state index is 0.302. The fourth-order valence-corrected chi connectivity index (χ4v) is 5.39. The van der Waals surface area contributed by atoms with Crippen LogP contribution in [0.4, 0.5) is 18.9 Å². The van der Waals surface area contributed by atoms with Gasteiger partial charge in [-0.05, 0) is 81.4 Å². The highest BCUT2D eigenvalue weighted by Gasteiger charge is 2.30. The molecule has 1 N–H and O–H groups in total. The first-order valence-electron chi connectivity index (χ1n) is 13.2. The van der Waals surface area contributed by atoms with Crippen LogP contribution < -0.4 is 5.32 Å². The molecule has 6 rings (SSSR count). The number of nitrogens with one attached hydrogen (secondary N) is 1. The Balaban J connectivity index is 1.15. The summed E-state index contributed by atoms with van der Waals surface area (Å²) in [6.45, 7) is 2.64. The minimum atomic E-state index is -4.41. The molecule has 0 aliphatic carbocycles. The summed E-state index contributed by atoms with van der Waals surface area (Å²) >= 11 is 0. The van der Waals surface area contributed by atoms with Gasteiger partial charge in [-0.15, -0.1) is 0 Å². The molecule has 0 saturated heterocycles. The maximum absolute atomic E-state index is 13.3. The van der Waals surface area contributed by atoms with E-state index in [9.17, 15) is 18.0 Å². The fourth-order valence-electron chi connectivity index (χ4n) is 5.39. The topological polar surface area (TPSA) is 32.3 Å². The van der Waals surface area contributed by atoms with Crippen LogP contribution in [-0.2, 0) is 25.7 Å². The second-order valence-corrected chi connectivity index (χ2v) is 10.2. The van der Waals surface area contributed by atoms with Crippen LogP contribution in [0.2, 0.25) is 0 Å². The molecule has 6 heteroatoms. The number of anilines is 1. The first-order valence-corrected chi connectivity index (χ1v) is 13.2. The van der Waals surface area contributed by atoms with Crippen LogP contribution in [0.1, 0.15) is 32.6 Å². The third-order valence-electron chi connectivity index (χ3n) is 7.47. The van der Waals surface area contributed by atoms with Crippen molar-refractivity contribution in [2.75, 3.05) is 11.9 Å². The molecular formula is C34H27F3N2O. The number of rotatable bonds is 5. The van der Waals surface area contributed by atoms with E-state index >= 15 is 0 Å². The van der Waals surface area contributed by atoms with Crippen molar-refractivity contribution in [2.45, 2.75) is 25.7 Å². The Morgan fingerprint density at radius 3 is 2.33 bits per heavy atom. The average molecular weight is 537 g/mol. The van der Waals surface area contributed by atoms with E-state index in [1.54, 1.807) is 24.3 Å². The van der Waals surface area contributed by atoms with Gasteiger partial charge in [-0.2, -0.15) is 13.2 Å². The Kier molecular flexibility index (Phi) is 6.86. The molecular weight excluding hydrogens is 509 g/mol. The number of hydrogen-bond acceptors (Lipinski definition) is 2. The SMILES string of the molecule is O=C(Nc1ccc2c(c1)CCN(Cc1ccc3ccccc3c1)C2)c1ccccc1-c1ccc(C(F)(F)F)cc1. The average Bonchev–Trinajstić information content (AvgIpc) is 2.97. The molecule has 0 saturated carbocycles. The number of amides is 1. The Bertz CT molecular complexity index is 1690. The second kappa shape index (κ2) is 10.6. The Labute approximate surface area is 230 Å². The van der Waals surface area contributed by atoms with Crippen molar-refractivity contribution in [2.24, 2.45) is 0 Å². The van der Waals surface area contributed by atoms with E-state index in [0.29, 0.717) is 22.4 Å². The molecule has 1 aliphatic rings. The molecule has 1 amide bonds. The lowest BCUT2D eigenvalue weighted by Crippen LogP contribution is -2.30. The van der Waals surface area contributed by atoms with Crippen LogP contribution in [0.5, 0.6) is 0 Å². The predicted octanol–water partition coefficient (Wildman–Crippen LogP) is 8.34. The van der Waals surface area contributed by atoms with Gasteiger partial charge in [0.15, 0.2) is 0 Å². The Morgan fingerprint density at radius 2 is 1.52 bits per heavy atom. The lowest BCUT2D eigenvalue weighted by atomic mass is 9.97. The zero-order chi connectivity index (χ0) is 27.7. The number of benzene rings is 5. The van der Waals surface area contributed by atoms with Crippen molar-refractivity contribution < 1.29 is 18.0 Å². The number of hydrogen-bond donors (Lipinski definition) is 1. The summed E-state index contributed by atoms with van der Waals surface area (Å²) < 4.78 is 39.0. The third kappa shape index (κ3) is 5.49. The molecule has 200 valence electrons. The predicted molar refractivity (Wildman–Crippen MR) is 153 cm³/mol. The van der Waals surface area contributed by atoms with Crippen molar-refractivity contribution in [3.63, 3.8) is 0 Å². The normalized spacial score (nSPS) is 13.7. The zero-order valence-electron chi connectivity index (χ0n) is 21.7. The zero-order valence-corrected chi connectivity index (χ0v) is 21.7. The van der Waals surface area contributed by atoms with Crippen molar-refractivity contribution in [3.8, 4) is 11.1 Å². The number of carbonyl (C=O) groups excluding carboxylic acids is 1. The smallest absolute Gasteiger partial charge is 0.322 e. The first kappa shape index (κ1) is 25.8. The molecule has 5 aromatic carbocycles. The Hall–Kier alpha value is -4.42. The van der Waals surface area contributed by atoms with E-state index in [4.69, 9.17) is 0 Å². The maximum Gasteiger partial charge on any atom is 0.416 e. The molecule has 0 spiro atoms. The minimum Gasteiger partial charge on any atom is -0.322 e. The van der Waals surface area contributed by atoms with Gasteiger partial charge in [0, 0.05) is 30.9 Å². The van der Waals surface area contributed by atoms with Gasteiger partial charge in [0.25, 0.3) is 5.91 Å². The van der Waals surface area contributed by atoms with Crippen LogP contribution in [0, 0.1) is 0 Å². The summed E-state index contributed by atoms with van der Waals surface area (Å²) in [6, 6.07) is 32.8. The molecule has 0 bridgehead atoms. The van der Waals surface area contributed by atoms with Crippen LogP contribution in [0.3, 0.4) is 0 Å². The van der Waals surface area contributed by atoms with Gasteiger partial charge >= 0.3 is 6.18 Å². The lowest BCUT2D eigenvalue weighted by Gasteiger charge is -2.29. The van der Waals surface area contributed by atoms with E-state index in [-0.39, 0.29) is 5.91 Å². The molecule has 0 atom stereocenters. The highest BCUT2D eigenvalue weighted by Crippen LogP contribution is 2.32. The van der Waals surface area contributed by atoms with Gasteiger partial charge in [0.1, 0.15) is 0 Å². The van der Waals surface area contributed by atoms with E-state index < -0.39 is 11.7 Å². The van der Waals surface area contributed by atoms with E-state index in [0.717, 1.165) is 38.2 Å². The van der Waals surface area contributed by atoms with Gasteiger partial charge in [0.2, 0.25) is 0 Å². The van der Waals surface area contributed by atoms with Crippen LogP contribution in [0.25, 0.3) is 21.9 Å². The number of nitrogens with zero attached hydrogens (tertiary/aromatic N) is 1. The van der Waals surface area contributed by atoms with Crippen molar-refractivity contribution >= 4 is 22.4 Å². The number of alkyl halides is 3. The van der Waals surface area contributed by atoms with Crippen LogP contribution in [-0.4, -0.2) is 17.4 Å². The standard InChI is InChI=1S/C34H27F3N2O/c35-34(36,37)29-14-11-25(12-15-29)31-7-3-4-8-32(31)33(40)38-30-16-13-28-22-39(18-17-27(28)20-30)21-23-9-10-24-5-1-2-6-26(24)19-23/h1-16,19-20H,17-18,21-22H2,(H,38,40). The lowest BCUT2D eigenvalue weighted by molar-refractivity contribution is -0.137. The number of halogens is 3. The molecule has 0 fully saturated rings. The Morgan fingerprint density at radius 1 is 0.775 bits per heavy atom. The summed E-state index contributed by atoms with van der Waals surface area (Å²) in [7, 11) is 0. The van der Waals surface area contributed by atoms with Crippen LogP contribution >= 0.6 is 0 Å².